The number of thioether (sulfide) groups is 1. The molecule has 0 aliphatic heterocycles. The molecule has 0 bridgehead atoms. The SMILES string of the molecule is CSC1(C)CCCCC1C#N. The lowest BCUT2D eigenvalue weighted by atomic mass is 9.80. The number of hydrogen-bond donors (Lipinski definition) is 0. The minimum atomic E-state index is 0.243. The fourth-order valence-electron chi connectivity index (χ4n) is 1.75. The van der Waals surface area contributed by atoms with Gasteiger partial charge in [-0.1, -0.05) is 12.8 Å². The molecular formula is C9H15NS. The van der Waals surface area contributed by atoms with Crippen molar-refractivity contribution < 1.29 is 0 Å². The van der Waals surface area contributed by atoms with Crippen LogP contribution in [0.5, 0.6) is 0 Å². The van der Waals surface area contributed by atoms with E-state index in [1.54, 1.807) is 0 Å². The zero-order valence-corrected chi connectivity index (χ0v) is 8.08. The van der Waals surface area contributed by atoms with Crippen LogP contribution in [0.25, 0.3) is 0 Å². The summed E-state index contributed by atoms with van der Waals surface area (Å²) < 4.78 is 0.243. The zero-order valence-electron chi connectivity index (χ0n) is 7.26. The molecule has 11 heavy (non-hydrogen) atoms. The van der Waals surface area contributed by atoms with Crippen molar-refractivity contribution in [3.8, 4) is 6.07 Å². The molecule has 2 atom stereocenters. The van der Waals surface area contributed by atoms with Crippen LogP contribution in [-0.4, -0.2) is 11.0 Å². The molecule has 0 aromatic carbocycles. The van der Waals surface area contributed by atoms with Crippen LogP contribution in [0.3, 0.4) is 0 Å². The second-order valence-electron chi connectivity index (χ2n) is 3.44. The van der Waals surface area contributed by atoms with E-state index in [1.165, 1.54) is 19.3 Å². The standard InChI is InChI=1S/C9H15NS/c1-9(11-2)6-4-3-5-8(9)7-10/h8H,3-6H2,1-2H3. The molecule has 0 amide bonds. The number of hydrogen-bond acceptors (Lipinski definition) is 2. The van der Waals surface area contributed by atoms with Gasteiger partial charge in [-0.25, -0.2) is 0 Å². The lowest BCUT2D eigenvalue weighted by molar-refractivity contribution is 0.350. The summed E-state index contributed by atoms with van der Waals surface area (Å²) in [6.45, 7) is 2.23. The maximum atomic E-state index is 8.89. The molecule has 1 saturated carbocycles. The Labute approximate surface area is 73.2 Å². The molecule has 62 valence electrons. The Balaban J connectivity index is 2.67. The molecule has 0 aromatic rings. The largest absolute Gasteiger partial charge is 0.198 e. The van der Waals surface area contributed by atoms with E-state index in [0.29, 0.717) is 0 Å². The first-order valence-electron chi connectivity index (χ1n) is 4.18. The predicted octanol–water partition coefficient (Wildman–Crippen LogP) is 2.82. The van der Waals surface area contributed by atoms with Gasteiger partial charge in [0.25, 0.3) is 0 Å². The van der Waals surface area contributed by atoms with Crippen molar-refractivity contribution in [1.29, 1.82) is 5.26 Å². The van der Waals surface area contributed by atoms with Crippen molar-refractivity contribution in [3.05, 3.63) is 0 Å². The first-order chi connectivity index (χ1) is 5.23. The molecule has 1 aliphatic carbocycles. The summed E-state index contributed by atoms with van der Waals surface area (Å²) in [6, 6.07) is 2.42. The van der Waals surface area contributed by atoms with Gasteiger partial charge in [-0.05, 0) is 26.0 Å². The molecule has 2 heteroatoms. The third-order valence-corrected chi connectivity index (χ3v) is 4.20. The van der Waals surface area contributed by atoms with Crippen LogP contribution in [0.1, 0.15) is 32.6 Å². The minimum absolute atomic E-state index is 0.243. The smallest absolute Gasteiger partial charge is 0.0670 e. The van der Waals surface area contributed by atoms with Crippen LogP contribution in [-0.2, 0) is 0 Å². The predicted molar refractivity (Wildman–Crippen MR) is 49.5 cm³/mol. The summed E-state index contributed by atoms with van der Waals surface area (Å²) in [5, 5.41) is 8.89. The molecular weight excluding hydrogens is 154 g/mol. The maximum Gasteiger partial charge on any atom is 0.0670 e. The van der Waals surface area contributed by atoms with Gasteiger partial charge in [0.15, 0.2) is 0 Å². The highest BCUT2D eigenvalue weighted by Gasteiger charge is 2.35. The van der Waals surface area contributed by atoms with Gasteiger partial charge in [0.1, 0.15) is 0 Å². The average molecular weight is 169 g/mol. The molecule has 1 nitrogen and oxygen atoms in total. The van der Waals surface area contributed by atoms with E-state index < -0.39 is 0 Å². The third kappa shape index (κ3) is 1.70. The van der Waals surface area contributed by atoms with Gasteiger partial charge in [-0.2, -0.15) is 17.0 Å². The highest BCUT2D eigenvalue weighted by molar-refractivity contribution is 8.00. The van der Waals surface area contributed by atoms with E-state index in [2.05, 4.69) is 19.2 Å². The molecule has 0 heterocycles. The Morgan fingerprint density at radius 2 is 2.27 bits per heavy atom. The van der Waals surface area contributed by atoms with E-state index in [0.717, 1.165) is 6.42 Å². The number of nitrogens with zero attached hydrogens (tertiary/aromatic N) is 1. The Bertz CT molecular complexity index is 173. The van der Waals surface area contributed by atoms with E-state index in [9.17, 15) is 0 Å². The van der Waals surface area contributed by atoms with E-state index in [4.69, 9.17) is 5.26 Å². The third-order valence-electron chi connectivity index (χ3n) is 2.78. The summed E-state index contributed by atoms with van der Waals surface area (Å²) in [5.41, 5.74) is 0. The minimum Gasteiger partial charge on any atom is -0.198 e. The van der Waals surface area contributed by atoms with Crippen LogP contribution >= 0.6 is 11.8 Å². The molecule has 0 aromatic heterocycles. The molecule has 2 unspecified atom stereocenters. The van der Waals surface area contributed by atoms with Gasteiger partial charge >= 0.3 is 0 Å². The number of nitriles is 1. The second-order valence-corrected chi connectivity index (χ2v) is 4.79. The Kier molecular flexibility index (Phi) is 2.84. The Morgan fingerprint density at radius 1 is 1.55 bits per heavy atom. The van der Waals surface area contributed by atoms with Crippen molar-refractivity contribution in [2.75, 3.05) is 6.26 Å². The first-order valence-corrected chi connectivity index (χ1v) is 5.40. The monoisotopic (exact) mass is 169 g/mol. The van der Waals surface area contributed by atoms with E-state index >= 15 is 0 Å². The topological polar surface area (TPSA) is 23.8 Å². The van der Waals surface area contributed by atoms with Crippen molar-refractivity contribution in [2.24, 2.45) is 5.92 Å². The fourth-order valence-corrected chi connectivity index (χ4v) is 2.55. The Hall–Kier alpha value is -0.160. The second kappa shape index (κ2) is 3.49. The van der Waals surface area contributed by atoms with E-state index in [-0.39, 0.29) is 10.7 Å². The van der Waals surface area contributed by atoms with Crippen molar-refractivity contribution in [2.45, 2.75) is 37.4 Å². The summed E-state index contributed by atoms with van der Waals surface area (Å²) in [7, 11) is 0. The van der Waals surface area contributed by atoms with Crippen molar-refractivity contribution in [1.82, 2.24) is 0 Å². The van der Waals surface area contributed by atoms with Crippen LogP contribution in [0, 0.1) is 17.2 Å². The van der Waals surface area contributed by atoms with Gasteiger partial charge in [-0.3, -0.25) is 0 Å². The van der Waals surface area contributed by atoms with Gasteiger partial charge in [0.05, 0.1) is 12.0 Å². The summed E-state index contributed by atoms with van der Waals surface area (Å²) in [4.78, 5) is 0. The summed E-state index contributed by atoms with van der Waals surface area (Å²) in [5.74, 6) is 0.284. The molecule has 1 aliphatic rings. The van der Waals surface area contributed by atoms with Crippen LogP contribution < -0.4 is 0 Å². The number of rotatable bonds is 1. The van der Waals surface area contributed by atoms with Crippen molar-refractivity contribution in [3.63, 3.8) is 0 Å². The van der Waals surface area contributed by atoms with Gasteiger partial charge in [0, 0.05) is 4.75 Å². The summed E-state index contributed by atoms with van der Waals surface area (Å²) >= 11 is 1.86. The molecule has 0 radical (unpaired) electrons. The molecule has 0 spiro atoms. The zero-order chi connectivity index (χ0) is 8.32. The highest BCUT2D eigenvalue weighted by atomic mass is 32.2. The van der Waals surface area contributed by atoms with Crippen LogP contribution in [0.4, 0.5) is 0 Å². The van der Waals surface area contributed by atoms with Gasteiger partial charge in [-0.15, -0.1) is 0 Å². The molecule has 1 rings (SSSR count). The highest BCUT2D eigenvalue weighted by Crippen LogP contribution is 2.42. The fraction of sp³-hybridized carbons (Fsp3) is 0.889. The van der Waals surface area contributed by atoms with Gasteiger partial charge < -0.3 is 0 Å². The average Bonchev–Trinajstić information content (AvgIpc) is 2.05. The molecule has 1 fully saturated rings. The molecule has 0 saturated heterocycles. The van der Waals surface area contributed by atoms with Crippen molar-refractivity contribution >= 4 is 11.8 Å². The Morgan fingerprint density at radius 3 is 2.73 bits per heavy atom. The maximum absolute atomic E-state index is 8.89. The van der Waals surface area contributed by atoms with E-state index in [1.807, 2.05) is 11.8 Å². The normalized spacial score (nSPS) is 38.1. The lowest BCUT2D eigenvalue weighted by Crippen LogP contribution is -2.33. The quantitative estimate of drug-likeness (QED) is 0.602. The first kappa shape index (κ1) is 8.93. The van der Waals surface area contributed by atoms with Crippen LogP contribution in [0.15, 0.2) is 0 Å². The van der Waals surface area contributed by atoms with Crippen LogP contribution in [0.2, 0.25) is 0 Å². The van der Waals surface area contributed by atoms with Gasteiger partial charge in [0.2, 0.25) is 0 Å². The molecule has 0 N–H and O–H groups in total. The lowest BCUT2D eigenvalue weighted by Gasteiger charge is -2.36. The summed E-state index contributed by atoms with van der Waals surface area (Å²) in [6.07, 6.45) is 6.99.